The van der Waals surface area contributed by atoms with E-state index in [4.69, 9.17) is 21.1 Å². The van der Waals surface area contributed by atoms with Gasteiger partial charge < -0.3 is 14.8 Å². The number of aromatic nitrogens is 2. The fraction of sp³-hybridized carbons (Fsp3) is 0.238. The summed E-state index contributed by atoms with van der Waals surface area (Å²) in [6, 6.07) is 13.4. The van der Waals surface area contributed by atoms with Crippen LogP contribution in [-0.4, -0.2) is 29.0 Å². The maximum absolute atomic E-state index is 12.0. The molecular formula is C21H20ClN3O3S. The van der Waals surface area contributed by atoms with E-state index in [-0.39, 0.29) is 11.2 Å². The van der Waals surface area contributed by atoms with Crippen molar-refractivity contribution in [3.05, 3.63) is 69.9 Å². The summed E-state index contributed by atoms with van der Waals surface area (Å²) >= 11 is 7.60. The number of carbonyl (C=O) groups excluding carboxylic acids is 1. The molecule has 0 unspecified atom stereocenters. The van der Waals surface area contributed by atoms with E-state index in [0.717, 1.165) is 22.4 Å². The van der Waals surface area contributed by atoms with Gasteiger partial charge in [-0.25, -0.2) is 0 Å². The first kappa shape index (κ1) is 19.7. The molecule has 0 fully saturated rings. The van der Waals surface area contributed by atoms with E-state index in [0.29, 0.717) is 34.7 Å². The molecule has 0 saturated carbocycles. The number of hydrogen-bond donors (Lipinski definition) is 2. The van der Waals surface area contributed by atoms with Crippen LogP contribution >= 0.6 is 23.4 Å². The Bertz CT molecular complexity index is 1050. The van der Waals surface area contributed by atoms with Gasteiger partial charge in [-0.1, -0.05) is 29.8 Å². The number of H-pyrrole nitrogens is 1. The maximum atomic E-state index is 12.0. The van der Waals surface area contributed by atoms with Crippen LogP contribution in [-0.2, 0) is 11.4 Å². The Morgan fingerprint density at radius 3 is 2.90 bits per heavy atom. The molecule has 3 aromatic rings. The lowest BCUT2D eigenvalue weighted by molar-refractivity contribution is -0.113. The minimum Gasteiger partial charge on any atom is -0.493 e. The average Bonchev–Trinajstić information content (AvgIpc) is 2.97. The van der Waals surface area contributed by atoms with E-state index < -0.39 is 0 Å². The topological polar surface area (TPSA) is 76.2 Å². The molecule has 6 nitrogen and oxygen atoms in total. The van der Waals surface area contributed by atoms with Crippen molar-refractivity contribution in [2.24, 2.45) is 0 Å². The summed E-state index contributed by atoms with van der Waals surface area (Å²) in [6.45, 7) is 2.34. The van der Waals surface area contributed by atoms with Gasteiger partial charge in [0.25, 0.3) is 0 Å². The van der Waals surface area contributed by atoms with Gasteiger partial charge in [0.2, 0.25) is 5.91 Å². The van der Waals surface area contributed by atoms with Gasteiger partial charge >= 0.3 is 0 Å². The highest BCUT2D eigenvalue weighted by Gasteiger charge is 2.28. The highest BCUT2D eigenvalue weighted by atomic mass is 35.5. The van der Waals surface area contributed by atoms with E-state index in [2.05, 4.69) is 15.5 Å². The lowest BCUT2D eigenvalue weighted by Crippen LogP contribution is -2.12. The molecule has 1 amide bonds. The predicted octanol–water partition coefficient (Wildman–Crippen LogP) is 4.73. The summed E-state index contributed by atoms with van der Waals surface area (Å²) in [5, 5.41) is 10.7. The number of nitrogens with zero attached hydrogens (tertiary/aromatic N) is 1. The maximum Gasteiger partial charge on any atom is 0.235 e. The lowest BCUT2D eigenvalue weighted by Gasteiger charge is -2.18. The molecule has 150 valence electrons. The van der Waals surface area contributed by atoms with Crippen molar-refractivity contribution >= 4 is 35.1 Å². The van der Waals surface area contributed by atoms with Crippen molar-refractivity contribution in [1.82, 2.24) is 10.2 Å². The van der Waals surface area contributed by atoms with Gasteiger partial charge in [0.1, 0.15) is 6.61 Å². The second-order valence-electron chi connectivity index (χ2n) is 6.68. The number of hydrogen-bond acceptors (Lipinski definition) is 5. The number of benzene rings is 2. The molecule has 2 N–H and O–H groups in total. The standard InChI is InChI=1S/C21H20ClN3O3S/c1-12-19-20(29-11-18(26)23-21(19)25-24-12)14-6-7-16(17(9-14)27-2)28-10-13-4-3-5-15(22)8-13/h3-9,20H,10-11H2,1-2H3,(H2,23,24,25,26)/t20-/m0/s1. The van der Waals surface area contributed by atoms with Gasteiger partial charge in [-0.15, -0.1) is 11.8 Å². The Kier molecular flexibility index (Phi) is 5.69. The first-order valence-corrected chi connectivity index (χ1v) is 10.5. The van der Waals surface area contributed by atoms with Gasteiger partial charge in [-0.2, -0.15) is 5.10 Å². The van der Waals surface area contributed by atoms with E-state index in [1.54, 1.807) is 18.9 Å². The quantitative estimate of drug-likeness (QED) is 0.613. The highest BCUT2D eigenvalue weighted by Crippen LogP contribution is 2.44. The molecule has 0 saturated heterocycles. The Balaban J connectivity index is 1.61. The smallest absolute Gasteiger partial charge is 0.235 e. The Hall–Kier alpha value is -2.64. The minimum atomic E-state index is -0.0568. The first-order valence-electron chi connectivity index (χ1n) is 9.06. The molecule has 0 bridgehead atoms. The molecule has 2 aromatic carbocycles. The van der Waals surface area contributed by atoms with Gasteiger partial charge in [0, 0.05) is 16.3 Å². The van der Waals surface area contributed by atoms with Crippen LogP contribution in [0.4, 0.5) is 5.82 Å². The van der Waals surface area contributed by atoms with Crippen LogP contribution in [0.25, 0.3) is 0 Å². The number of nitrogens with one attached hydrogen (secondary N) is 2. The van der Waals surface area contributed by atoms with Crippen LogP contribution in [0.5, 0.6) is 11.5 Å². The number of carbonyl (C=O) groups is 1. The van der Waals surface area contributed by atoms with Crippen LogP contribution in [0.1, 0.15) is 27.6 Å². The Morgan fingerprint density at radius 2 is 2.10 bits per heavy atom. The Morgan fingerprint density at radius 1 is 1.24 bits per heavy atom. The Labute approximate surface area is 177 Å². The van der Waals surface area contributed by atoms with E-state index in [1.807, 2.05) is 49.4 Å². The predicted molar refractivity (Wildman–Crippen MR) is 115 cm³/mol. The fourth-order valence-electron chi connectivity index (χ4n) is 3.28. The van der Waals surface area contributed by atoms with Gasteiger partial charge in [-0.05, 0) is 42.3 Å². The average molecular weight is 430 g/mol. The van der Waals surface area contributed by atoms with Crippen LogP contribution in [0, 0.1) is 6.92 Å². The largest absolute Gasteiger partial charge is 0.493 e. The molecule has 1 aliphatic heterocycles. The number of thioether (sulfide) groups is 1. The minimum absolute atomic E-state index is 0.0430. The third-order valence-electron chi connectivity index (χ3n) is 4.67. The van der Waals surface area contributed by atoms with Crippen molar-refractivity contribution in [1.29, 1.82) is 0 Å². The summed E-state index contributed by atoms with van der Waals surface area (Å²) in [7, 11) is 1.62. The number of halogens is 1. The van der Waals surface area contributed by atoms with Crippen molar-refractivity contribution in [3.8, 4) is 11.5 Å². The molecule has 4 rings (SSSR count). The van der Waals surface area contributed by atoms with Gasteiger partial charge in [-0.3, -0.25) is 9.89 Å². The molecular weight excluding hydrogens is 410 g/mol. The second kappa shape index (κ2) is 8.39. The zero-order valence-corrected chi connectivity index (χ0v) is 17.6. The zero-order chi connectivity index (χ0) is 20.4. The van der Waals surface area contributed by atoms with E-state index in [1.165, 1.54) is 0 Å². The van der Waals surface area contributed by atoms with Crippen molar-refractivity contribution in [3.63, 3.8) is 0 Å². The number of aromatic amines is 1. The second-order valence-corrected chi connectivity index (χ2v) is 8.21. The first-order chi connectivity index (χ1) is 14.0. The highest BCUT2D eigenvalue weighted by molar-refractivity contribution is 8.00. The third kappa shape index (κ3) is 4.21. The SMILES string of the molecule is COc1cc([C@@H]2SCC(=O)Nc3n[nH]c(C)c32)ccc1OCc1cccc(Cl)c1. The van der Waals surface area contributed by atoms with E-state index in [9.17, 15) is 4.79 Å². The number of methoxy groups -OCH3 is 1. The number of anilines is 1. The van der Waals surface area contributed by atoms with Crippen molar-refractivity contribution < 1.29 is 14.3 Å². The molecule has 2 heterocycles. The summed E-state index contributed by atoms with van der Waals surface area (Å²) in [6.07, 6.45) is 0. The van der Waals surface area contributed by atoms with Crippen LogP contribution in [0.2, 0.25) is 5.02 Å². The van der Waals surface area contributed by atoms with Gasteiger partial charge in [0.05, 0.1) is 18.1 Å². The number of rotatable bonds is 5. The monoisotopic (exact) mass is 429 g/mol. The number of aryl methyl sites for hydroxylation is 1. The normalized spacial score (nSPS) is 16.0. The summed E-state index contributed by atoms with van der Waals surface area (Å²) in [5.74, 6) is 2.17. The fourth-order valence-corrected chi connectivity index (χ4v) is 4.68. The molecule has 0 radical (unpaired) electrons. The number of amides is 1. The van der Waals surface area contributed by atoms with Crippen molar-refractivity contribution in [2.45, 2.75) is 18.8 Å². The van der Waals surface area contributed by atoms with Gasteiger partial charge in [0.15, 0.2) is 17.3 Å². The molecule has 0 aliphatic carbocycles. The van der Waals surface area contributed by atoms with E-state index >= 15 is 0 Å². The molecule has 1 aliphatic rings. The summed E-state index contributed by atoms with van der Waals surface area (Å²) < 4.78 is 11.5. The lowest BCUT2D eigenvalue weighted by atomic mass is 10.0. The summed E-state index contributed by atoms with van der Waals surface area (Å²) in [5.41, 5.74) is 3.91. The third-order valence-corrected chi connectivity index (χ3v) is 6.17. The molecule has 8 heteroatoms. The zero-order valence-electron chi connectivity index (χ0n) is 16.0. The number of ether oxygens (including phenoxy) is 2. The molecule has 29 heavy (non-hydrogen) atoms. The van der Waals surface area contributed by atoms with Crippen LogP contribution in [0.15, 0.2) is 42.5 Å². The molecule has 0 spiro atoms. The number of fused-ring (bicyclic) bond motifs is 1. The molecule has 1 aromatic heterocycles. The molecule has 1 atom stereocenters. The van der Waals surface area contributed by atoms with Crippen LogP contribution in [0.3, 0.4) is 0 Å². The summed E-state index contributed by atoms with van der Waals surface area (Å²) in [4.78, 5) is 12.0. The van der Waals surface area contributed by atoms with Crippen LogP contribution < -0.4 is 14.8 Å². The van der Waals surface area contributed by atoms with Crippen molar-refractivity contribution in [2.75, 3.05) is 18.2 Å².